The van der Waals surface area contributed by atoms with Gasteiger partial charge in [-0.15, -0.1) is 0 Å². The summed E-state index contributed by atoms with van der Waals surface area (Å²) in [5.41, 5.74) is 1.53. The molecule has 0 spiro atoms. The van der Waals surface area contributed by atoms with E-state index in [0.717, 1.165) is 0 Å². The van der Waals surface area contributed by atoms with Crippen LogP contribution in [0.2, 0.25) is 0 Å². The first-order chi connectivity index (χ1) is 17.3. The molecule has 0 bridgehead atoms. The minimum absolute atomic E-state index is 0.164. The number of thiazole rings is 1. The Hall–Kier alpha value is -3.92. The highest BCUT2D eigenvalue weighted by molar-refractivity contribution is 7.07. The van der Waals surface area contributed by atoms with E-state index in [0.29, 0.717) is 43.4 Å². The summed E-state index contributed by atoms with van der Waals surface area (Å²) in [7, 11) is 4.53. The average Bonchev–Trinajstić information content (AvgIpc) is 3.17. The molecule has 4 rings (SSSR count). The molecule has 8 nitrogen and oxygen atoms in total. The fraction of sp³-hybridized carbons (Fsp3) is 0.269. The molecule has 1 aromatic heterocycles. The lowest BCUT2D eigenvalue weighted by atomic mass is 9.96. The summed E-state index contributed by atoms with van der Waals surface area (Å²) in [6.07, 6.45) is 1.69. The first-order valence-corrected chi connectivity index (χ1v) is 11.9. The number of nitrogens with zero attached hydrogens (tertiary/aromatic N) is 2. The lowest BCUT2D eigenvalue weighted by molar-refractivity contribution is -0.139. The molecule has 1 aliphatic heterocycles. The Bertz CT molecular complexity index is 1500. The van der Waals surface area contributed by atoms with Crippen LogP contribution in [0.25, 0.3) is 6.08 Å². The number of esters is 1. The summed E-state index contributed by atoms with van der Waals surface area (Å²) < 4.78 is 37.0. The van der Waals surface area contributed by atoms with Gasteiger partial charge in [0.05, 0.1) is 49.8 Å². The van der Waals surface area contributed by atoms with Gasteiger partial charge in [-0.05, 0) is 55.3 Å². The molecule has 1 atom stereocenters. The minimum Gasteiger partial charge on any atom is -0.493 e. The normalized spacial score (nSPS) is 15.3. The highest BCUT2D eigenvalue weighted by Crippen LogP contribution is 2.38. The molecule has 2 aromatic carbocycles. The molecule has 36 heavy (non-hydrogen) atoms. The molecule has 0 saturated heterocycles. The highest BCUT2D eigenvalue weighted by Gasteiger charge is 2.33. The van der Waals surface area contributed by atoms with E-state index in [9.17, 15) is 14.0 Å². The van der Waals surface area contributed by atoms with E-state index in [1.807, 2.05) is 0 Å². The van der Waals surface area contributed by atoms with E-state index in [4.69, 9.17) is 18.9 Å². The van der Waals surface area contributed by atoms with Crippen LogP contribution < -0.4 is 29.1 Å². The molecule has 0 fully saturated rings. The third-order valence-corrected chi connectivity index (χ3v) is 6.67. The van der Waals surface area contributed by atoms with Crippen LogP contribution in [-0.4, -0.2) is 38.5 Å². The number of fused-ring (bicyclic) bond motifs is 1. The maximum atomic E-state index is 13.7. The maximum Gasteiger partial charge on any atom is 0.338 e. The van der Waals surface area contributed by atoms with Crippen molar-refractivity contribution in [2.24, 2.45) is 4.99 Å². The van der Waals surface area contributed by atoms with Gasteiger partial charge < -0.3 is 18.9 Å². The number of carbonyl (C=O) groups excluding carboxylic acids is 1. The van der Waals surface area contributed by atoms with Gasteiger partial charge in [-0.25, -0.2) is 14.2 Å². The largest absolute Gasteiger partial charge is 0.493 e. The smallest absolute Gasteiger partial charge is 0.338 e. The first-order valence-electron chi connectivity index (χ1n) is 11.1. The summed E-state index contributed by atoms with van der Waals surface area (Å²) in [5.74, 6) is 0.324. The standard InChI is InChI=1S/C26H25FN2O6S/c1-6-35-25(31)21-14(2)28-26-29(22(21)16-7-9-17(27)10-8-16)24(30)20(36-26)13-15-11-18(32-3)23(34-5)19(12-15)33-4/h7-13,22H,6H2,1-5H3/b20-13-/t22-/m1/s1. The molecule has 188 valence electrons. The topological polar surface area (TPSA) is 88.4 Å². The Labute approximate surface area is 210 Å². The second-order valence-corrected chi connectivity index (χ2v) is 8.82. The number of carbonyl (C=O) groups is 1. The molecule has 0 aliphatic carbocycles. The summed E-state index contributed by atoms with van der Waals surface area (Å²) in [4.78, 5) is 31.5. The lowest BCUT2D eigenvalue weighted by Gasteiger charge is -2.24. The molecule has 0 saturated carbocycles. The number of rotatable bonds is 7. The Morgan fingerprint density at radius 1 is 1.11 bits per heavy atom. The first kappa shape index (κ1) is 25.2. The second kappa shape index (κ2) is 10.4. The van der Waals surface area contributed by atoms with Gasteiger partial charge in [-0.3, -0.25) is 9.36 Å². The molecular weight excluding hydrogens is 487 g/mol. The monoisotopic (exact) mass is 512 g/mol. The van der Waals surface area contributed by atoms with Crippen molar-refractivity contribution in [3.8, 4) is 17.2 Å². The van der Waals surface area contributed by atoms with E-state index < -0.39 is 17.8 Å². The number of halogens is 1. The van der Waals surface area contributed by atoms with Gasteiger partial charge in [0, 0.05) is 0 Å². The van der Waals surface area contributed by atoms with E-state index in [1.54, 1.807) is 44.2 Å². The van der Waals surface area contributed by atoms with Crippen LogP contribution in [0.3, 0.4) is 0 Å². The van der Waals surface area contributed by atoms with E-state index in [-0.39, 0.29) is 17.7 Å². The quantitative estimate of drug-likeness (QED) is 0.453. The third kappa shape index (κ3) is 4.51. The van der Waals surface area contributed by atoms with Crippen molar-refractivity contribution in [3.05, 3.63) is 84.3 Å². The molecule has 3 aromatic rings. The number of aromatic nitrogens is 1. The van der Waals surface area contributed by atoms with Gasteiger partial charge in [-0.1, -0.05) is 23.5 Å². The predicted molar refractivity (Wildman–Crippen MR) is 133 cm³/mol. The van der Waals surface area contributed by atoms with E-state index in [1.165, 1.54) is 49.4 Å². The molecule has 0 N–H and O–H groups in total. The van der Waals surface area contributed by atoms with Crippen molar-refractivity contribution in [3.63, 3.8) is 0 Å². The van der Waals surface area contributed by atoms with Gasteiger partial charge >= 0.3 is 5.97 Å². The third-order valence-electron chi connectivity index (χ3n) is 5.69. The van der Waals surface area contributed by atoms with Gasteiger partial charge in [0.25, 0.3) is 5.56 Å². The zero-order chi connectivity index (χ0) is 26.0. The SMILES string of the molecule is CCOC(=O)C1=C(C)N=c2s/c(=C\c3cc(OC)c(OC)c(OC)c3)c(=O)n2[C@@H]1c1ccc(F)cc1. The molecule has 0 unspecified atom stereocenters. The second-order valence-electron chi connectivity index (χ2n) is 7.81. The minimum atomic E-state index is -0.817. The molecule has 10 heteroatoms. The molecular formula is C26H25FN2O6S. The highest BCUT2D eigenvalue weighted by atomic mass is 32.1. The van der Waals surface area contributed by atoms with Crippen LogP contribution in [-0.2, 0) is 9.53 Å². The van der Waals surface area contributed by atoms with E-state index >= 15 is 0 Å². The molecule has 0 amide bonds. The Balaban J connectivity index is 1.94. The zero-order valence-electron chi connectivity index (χ0n) is 20.5. The predicted octanol–water partition coefficient (Wildman–Crippen LogP) is 2.96. The van der Waals surface area contributed by atoms with Crippen LogP contribution in [0, 0.1) is 5.82 Å². The summed E-state index contributed by atoms with van der Waals surface area (Å²) in [6.45, 7) is 3.56. The van der Waals surface area contributed by atoms with Crippen molar-refractivity contribution in [2.45, 2.75) is 19.9 Å². The van der Waals surface area contributed by atoms with Gasteiger partial charge in [0.2, 0.25) is 5.75 Å². The number of hydrogen-bond donors (Lipinski definition) is 0. The number of ether oxygens (including phenoxy) is 4. The van der Waals surface area contributed by atoms with Crippen molar-refractivity contribution >= 4 is 23.4 Å². The van der Waals surface area contributed by atoms with Crippen molar-refractivity contribution < 1.29 is 28.1 Å². The lowest BCUT2D eigenvalue weighted by Crippen LogP contribution is -2.39. The fourth-order valence-corrected chi connectivity index (χ4v) is 5.13. The van der Waals surface area contributed by atoms with Crippen molar-refractivity contribution in [2.75, 3.05) is 27.9 Å². The maximum absolute atomic E-state index is 13.7. The summed E-state index contributed by atoms with van der Waals surface area (Å²) in [5, 5.41) is 0. The molecule has 0 radical (unpaired) electrons. The fourth-order valence-electron chi connectivity index (χ4n) is 4.09. The van der Waals surface area contributed by atoms with Crippen molar-refractivity contribution in [1.82, 2.24) is 4.57 Å². The summed E-state index contributed by atoms with van der Waals surface area (Å²) in [6, 6.07) is 8.32. The van der Waals surface area contributed by atoms with Crippen LogP contribution >= 0.6 is 11.3 Å². The Morgan fingerprint density at radius 3 is 2.31 bits per heavy atom. The molecule has 1 aliphatic rings. The average molecular weight is 513 g/mol. The number of hydrogen-bond acceptors (Lipinski definition) is 8. The Kier molecular flexibility index (Phi) is 7.25. The molecule has 2 heterocycles. The number of allylic oxidation sites excluding steroid dienone is 1. The number of benzene rings is 2. The summed E-state index contributed by atoms with van der Waals surface area (Å²) >= 11 is 1.18. The van der Waals surface area contributed by atoms with Crippen molar-refractivity contribution in [1.29, 1.82) is 0 Å². The van der Waals surface area contributed by atoms with Gasteiger partial charge in [0.15, 0.2) is 16.3 Å². The number of methoxy groups -OCH3 is 3. The van der Waals surface area contributed by atoms with E-state index in [2.05, 4.69) is 4.99 Å². The van der Waals surface area contributed by atoms with Gasteiger partial charge in [-0.2, -0.15) is 0 Å². The van der Waals surface area contributed by atoms with Crippen LogP contribution in [0.4, 0.5) is 4.39 Å². The Morgan fingerprint density at radius 2 is 1.75 bits per heavy atom. The van der Waals surface area contributed by atoms with Crippen LogP contribution in [0.15, 0.2) is 57.5 Å². The van der Waals surface area contributed by atoms with Gasteiger partial charge in [0.1, 0.15) is 5.82 Å². The zero-order valence-corrected chi connectivity index (χ0v) is 21.3. The van der Waals surface area contributed by atoms with Crippen LogP contribution in [0.5, 0.6) is 17.2 Å². The van der Waals surface area contributed by atoms with Crippen LogP contribution in [0.1, 0.15) is 31.0 Å².